The van der Waals surface area contributed by atoms with Gasteiger partial charge in [-0.25, -0.2) is 0 Å². The number of carbonyl (C=O) groups is 1. The minimum atomic E-state index is -0.0461. The van der Waals surface area contributed by atoms with Gasteiger partial charge < -0.3 is 16.4 Å². The first-order valence-corrected chi connectivity index (χ1v) is 9.46. The summed E-state index contributed by atoms with van der Waals surface area (Å²) in [6.45, 7) is 4.77. The molecule has 0 radical (unpaired) electrons. The van der Waals surface area contributed by atoms with Gasteiger partial charge in [0.25, 0.3) is 5.91 Å². The van der Waals surface area contributed by atoms with E-state index >= 15 is 0 Å². The van der Waals surface area contributed by atoms with Crippen molar-refractivity contribution in [2.45, 2.75) is 51.1 Å². The van der Waals surface area contributed by atoms with Crippen molar-refractivity contribution in [3.63, 3.8) is 0 Å². The lowest BCUT2D eigenvalue weighted by molar-refractivity contribution is 0.0936. The molecule has 0 spiro atoms. The van der Waals surface area contributed by atoms with E-state index in [1.54, 1.807) is 6.07 Å². The van der Waals surface area contributed by atoms with E-state index in [0.717, 1.165) is 18.4 Å². The Hall–Kier alpha value is -2.33. The number of nitrogens with two attached hydrogens (primary N) is 1. The number of anilines is 1. The second-order valence-electron chi connectivity index (χ2n) is 7.52. The number of carbonyl (C=O) groups excluding carboxylic acids is 1. The van der Waals surface area contributed by atoms with Gasteiger partial charge in [0.15, 0.2) is 0 Å². The van der Waals surface area contributed by atoms with Crippen molar-refractivity contribution >= 4 is 11.6 Å². The molecule has 26 heavy (non-hydrogen) atoms. The molecule has 0 heterocycles. The van der Waals surface area contributed by atoms with Gasteiger partial charge in [-0.2, -0.15) is 0 Å². The third-order valence-electron chi connectivity index (χ3n) is 5.48. The van der Waals surface area contributed by atoms with Gasteiger partial charge in [0.2, 0.25) is 0 Å². The Morgan fingerprint density at radius 3 is 2.54 bits per heavy atom. The molecule has 1 amide bonds. The smallest absolute Gasteiger partial charge is 0.251 e. The van der Waals surface area contributed by atoms with Crippen molar-refractivity contribution in [2.24, 2.45) is 0 Å². The normalized spacial score (nSPS) is 17.0. The molecule has 3 rings (SSSR count). The monoisotopic (exact) mass is 351 g/mol. The van der Waals surface area contributed by atoms with E-state index in [1.165, 1.54) is 18.4 Å². The Morgan fingerprint density at radius 1 is 1.15 bits per heavy atom. The highest BCUT2D eigenvalue weighted by Crippen LogP contribution is 2.32. The molecule has 0 aliphatic heterocycles. The standard InChI is InChI=1S/C22H29N3O/c1-16-10-11-19(23)14-20(16)21(26)24-15-22(12-6-7-13-22)25-17(2)18-8-4-3-5-9-18/h3-5,8-11,14,17,25H,6-7,12-13,15,23H2,1-2H3,(H,24,26). The van der Waals surface area contributed by atoms with Crippen LogP contribution in [0.25, 0.3) is 0 Å². The molecule has 4 nitrogen and oxygen atoms in total. The second kappa shape index (κ2) is 7.92. The van der Waals surface area contributed by atoms with Crippen LogP contribution in [-0.4, -0.2) is 18.0 Å². The van der Waals surface area contributed by atoms with Crippen LogP contribution in [-0.2, 0) is 0 Å². The number of nitrogen functional groups attached to an aromatic ring is 1. The number of hydrogen-bond acceptors (Lipinski definition) is 3. The van der Waals surface area contributed by atoms with E-state index in [4.69, 9.17) is 5.73 Å². The fourth-order valence-corrected chi connectivity index (χ4v) is 3.94. The first-order chi connectivity index (χ1) is 12.5. The molecule has 0 aromatic heterocycles. The average molecular weight is 351 g/mol. The summed E-state index contributed by atoms with van der Waals surface area (Å²) >= 11 is 0. The molecule has 2 aromatic carbocycles. The summed E-state index contributed by atoms with van der Waals surface area (Å²) in [7, 11) is 0. The summed E-state index contributed by atoms with van der Waals surface area (Å²) < 4.78 is 0. The van der Waals surface area contributed by atoms with Gasteiger partial charge >= 0.3 is 0 Å². The quantitative estimate of drug-likeness (QED) is 0.690. The second-order valence-corrected chi connectivity index (χ2v) is 7.52. The molecule has 1 unspecified atom stereocenters. The summed E-state index contributed by atoms with van der Waals surface area (Å²) in [6, 6.07) is 16.2. The van der Waals surface area contributed by atoms with Gasteiger partial charge in [0, 0.05) is 29.4 Å². The van der Waals surface area contributed by atoms with Gasteiger partial charge in [0.1, 0.15) is 0 Å². The Labute approximate surface area is 156 Å². The maximum Gasteiger partial charge on any atom is 0.251 e. The van der Waals surface area contributed by atoms with Crippen molar-refractivity contribution in [3.05, 3.63) is 65.2 Å². The third-order valence-corrected chi connectivity index (χ3v) is 5.48. The van der Waals surface area contributed by atoms with E-state index in [2.05, 4.69) is 41.8 Å². The lowest BCUT2D eigenvalue weighted by atomic mass is 9.94. The van der Waals surface area contributed by atoms with Crippen LogP contribution in [0, 0.1) is 6.92 Å². The zero-order valence-corrected chi connectivity index (χ0v) is 15.7. The Kier molecular flexibility index (Phi) is 5.62. The summed E-state index contributed by atoms with van der Waals surface area (Å²) in [5, 5.41) is 6.95. The zero-order valence-electron chi connectivity index (χ0n) is 15.7. The van der Waals surface area contributed by atoms with Crippen LogP contribution >= 0.6 is 0 Å². The van der Waals surface area contributed by atoms with Crippen LogP contribution in [0.15, 0.2) is 48.5 Å². The first-order valence-electron chi connectivity index (χ1n) is 9.46. The van der Waals surface area contributed by atoms with Crippen molar-refractivity contribution in [1.82, 2.24) is 10.6 Å². The van der Waals surface area contributed by atoms with Crippen molar-refractivity contribution in [3.8, 4) is 0 Å². The number of rotatable bonds is 6. The third kappa shape index (κ3) is 4.25. The molecule has 1 fully saturated rings. The van der Waals surface area contributed by atoms with E-state index in [-0.39, 0.29) is 17.5 Å². The maximum absolute atomic E-state index is 12.7. The predicted octanol–water partition coefficient (Wildman–Crippen LogP) is 3.97. The predicted molar refractivity (Wildman–Crippen MR) is 107 cm³/mol. The van der Waals surface area contributed by atoms with Gasteiger partial charge in [-0.3, -0.25) is 4.79 Å². The summed E-state index contributed by atoms with van der Waals surface area (Å²) in [5.74, 6) is -0.0461. The molecule has 0 bridgehead atoms. The highest BCUT2D eigenvalue weighted by molar-refractivity contribution is 5.96. The minimum absolute atomic E-state index is 0.0425. The summed E-state index contributed by atoms with van der Waals surface area (Å²) in [4.78, 5) is 12.7. The summed E-state index contributed by atoms with van der Waals surface area (Å²) in [6.07, 6.45) is 4.56. The van der Waals surface area contributed by atoms with E-state index < -0.39 is 0 Å². The number of nitrogens with one attached hydrogen (secondary N) is 2. The van der Waals surface area contributed by atoms with E-state index in [0.29, 0.717) is 17.8 Å². The van der Waals surface area contributed by atoms with Gasteiger partial charge in [-0.15, -0.1) is 0 Å². The number of hydrogen-bond donors (Lipinski definition) is 3. The number of aryl methyl sites for hydroxylation is 1. The van der Waals surface area contributed by atoms with Crippen LogP contribution in [0.3, 0.4) is 0 Å². The highest BCUT2D eigenvalue weighted by atomic mass is 16.1. The van der Waals surface area contributed by atoms with Gasteiger partial charge in [-0.1, -0.05) is 49.2 Å². The SMILES string of the molecule is Cc1ccc(N)cc1C(=O)NCC1(NC(C)c2ccccc2)CCCC1. The molecule has 1 atom stereocenters. The molecular formula is C22H29N3O. The van der Waals surface area contributed by atoms with Crippen LogP contribution in [0.4, 0.5) is 5.69 Å². The average Bonchev–Trinajstić information content (AvgIpc) is 3.11. The molecule has 1 aliphatic rings. The lowest BCUT2D eigenvalue weighted by Crippen LogP contribution is -2.52. The molecule has 1 saturated carbocycles. The van der Waals surface area contributed by atoms with Crippen LogP contribution in [0.5, 0.6) is 0 Å². The minimum Gasteiger partial charge on any atom is -0.399 e. The zero-order chi connectivity index (χ0) is 18.6. The molecule has 2 aromatic rings. The van der Waals surface area contributed by atoms with E-state index in [9.17, 15) is 4.79 Å². The van der Waals surface area contributed by atoms with Crippen molar-refractivity contribution in [1.29, 1.82) is 0 Å². The molecule has 1 aliphatic carbocycles. The van der Waals surface area contributed by atoms with Crippen LogP contribution in [0.2, 0.25) is 0 Å². The van der Waals surface area contributed by atoms with E-state index in [1.807, 2.05) is 25.1 Å². The number of benzene rings is 2. The molecular weight excluding hydrogens is 322 g/mol. The fourth-order valence-electron chi connectivity index (χ4n) is 3.94. The Balaban J connectivity index is 1.68. The molecule has 0 saturated heterocycles. The van der Waals surface area contributed by atoms with Gasteiger partial charge in [0.05, 0.1) is 0 Å². The maximum atomic E-state index is 12.7. The lowest BCUT2D eigenvalue weighted by Gasteiger charge is -2.34. The number of amides is 1. The van der Waals surface area contributed by atoms with Crippen LogP contribution in [0.1, 0.15) is 60.1 Å². The summed E-state index contributed by atoms with van der Waals surface area (Å²) in [5.41, 5.74) is 9.31. The fraction of sp³-hybridized carbons (Fsp3) is 0.409. The molecule has 4 heteroatoms. The first kappa shape index (κ1) is 18.5. The Morgan fingerprint density at radius 2 is 1.85 bits per heavy atom. The molecule has 4 N–H and O–H groups in total. The highest BCUT2D eigenvalue weighted by Gasteiger charge is 2.35. The van der Waals surface area contributed by atoms with Crippen LogP contribution < -0.4 is 16.4 Å². The Bertz CT molecular complexity index is 751. The van der Waals surface area contributed by atoms with Crippen molar-refractivity contribution in [2.75, 3.05) is 12.3 Å². The largest absolute Gasteiger partial charge is 0.399 e. The topological polar surface area (TPSA) is 67.2 Å². The van der Waals surface area contributed by atoms with Gasteiger partial charge in [-0.05, 0) is 49.9 Å². The van der Waals surface area contributed by atoms with Crippen molar-refractivity contribution < 1.29 is 4.79 Å². The molecule has 138 valence electrons.